The summed E-state index contributed by atoms with van der Waals surface area (Å²) in [4.78, 5) is 0. The van der Waals surface area contributed by atoms with Crippen LogP contribution in [0.3, 0.4) is 0 Å². The van der Waals surface area contributed by atoms with Crippen LogP contribution in [0.1, 0.15) is 5.56 Å². The predicted octanol–water partition coefficient (Wildman–Crippen LogP) is 6.67. The number of thiophene rings is 1. The van der Waals surface area contributed by atoms with Crippen LogP contribution in [-0.2, 0) is 0 Å². The molecule has 0 radical (unpaired) electrons. The fraction of sp³-hybridized carbons (Fsp3) is 0.0476. The molecule has 0 bridgehead atoms. The van der Waals surface area contributed by atoms with E-state index in [1.165, 1.54) is 47.3 Å². The van der Waals surface area contributed by atoms with Gasteiger partial charge in [-0.3, -0.25) is 0 Å². The van der Waals surface area contributed by atoms with Gasteiger partial charge in [-0.2, -0.15) is 0 Å². The van der Waals surface area contributed by atoms with Crippen LogP contribution in [0.25, 0.3) is 41.7 Å². The monoisotopic (exact) mass is 298 g/mol. The lowest BCUT2D eigenvalue weighted by Gasteiger charge is -2.04. The third kappa shape index (κ3) is 1.57. The molecule has 4 aromatic carbocycles. The van der Waals surface area contributed by atoms with Crippen LogP contribution >= 0.6 is 11.3 Å². The molecule has 5 aromatic rings. The number of rotatable bonds is 0. The van der Waals surface area contributed by atoms with Crippen LogP contribution in [0.5, 0.6) is 0 Å². The molecular formula is C21H14S. The molecule has 0 saturated carbocycles. The van der Waals surface area contributed by atoms with Crippen LogP contribution < -0.4 is 0 Å². The van der Waals surface area contributed by atoms with Gasteiger partial charge in [0.15, 0.2) is 0 Å². The van der Waals surface area contributed by atoms with E-state index in [0.717, 1.165) is 0 Å². The summed E-state index contributed by atoms with van der Waals surface area (Å²) < 4.78 is 2.77. The SMILES string of the molecule is Cc1cc2sc3cc4ccccc4cc3c2c2ccccc12. The minimum absolute atomic E-state index is 1.32. The number of aryl methyl sites for hydroxylation is 1. The van der Waals surface area contributed by atoms with E-state index in [9.17, 15) is 0 Å². The van der Waals surface area contributed by atoms with Crippen molar-refractivity contribution in [1.29, 1.82) is 0 Å². The maximum atomic E-state index is 2.35. The Morgan fingerprint density at radius 3 is 2.14 bits per heavy atom. The molecule has 0 aliphatic carbocycles. The second-order valence-electron chi connectivity index (χ2n) is 5.91. The Kier molecular flexibility index (Phi) is 2.39. The van der Waals surface area contributed by atoms with Crippen molar-refractivity contribution in [3.8, 4) is 0 Å². The van der Waals surface area contributed by atoms with Crippen LogP contribution in [0.15, 0.2) is 66.7 Å². The van der Waals surface area contributed by atoms with Crippen LogP contribution in [-0.4, -0.2) is 0 Å². The third-order valence-electron chi connectivity index (χ3n) is 4.55. The lowest BCUT2D eigenvalue weighted by molar-refractivity contribution is 1.57. The van der Waals surface area contributed by atoms with Gasteiger partial charge in [-0.1, -0.05) is 48.5 Å². The minimum Gasteiger partial charge on any atom is -0.135 e. The topological polar surface area (TPSA) is 0 Å². The normalized spacial score (nSPS) is 11.9. The highest BCUT2D eigenvalue weighted by Crippen LogP contribution is 2.41. The van der Waals surface area contributed by atoms with Crippen molar-refractivity contribution in [3.63, 3.8) is 0 Å². The van der Waals surface area contributed by atoms with E-state index in [1.54, 1.807) is 0 Å². The Balaban J connectivity index is 2.09. The molecule has 0 amide bonds. The first-order valence-corrected chi connectivity index (χ1v) is 8.36. The highest BCUT2D eigenvalue weighted by molar-refractivity contribution is 7.26. The summed E-state index contributed by atoms with van der Waals surface area (Å²) in [5.41, 5.74) is 1.36. The second-order valence-corrected chi connectivity index (χ2v) is 6.99. The molecule has 5 rings (SSSR count). The Labute approximate surface area is 132 Å². The first kappa shape index (κ1) is 12.2. The van der Waals surface area contributed by atoms with Gasteiger partial charge in [-0.05, 0) is 52.2 Å². The predicted molar refractivity (Wildman–Crippen MR) is 99.1 cm³/mol. The number of hydrogen-bond acceptors (Lipinski definition) is 1. The van der Waals surface area contributed by atoms with Crippen LogP contribution in [0, 0.1) is 6.92 Å². The molecular weight excluding hydrogens is 284 g/mol. The lowest BCUT2D eigenvalue weighted by Crippen LogP contribution is -1.79. The lowest BCUT2D eigenvalue weighted by atomic mass is 9.99. The van der Waals surface area contributed by atoms with Crippen LogP contribution in [0.4, 0.5) is 0 Å². The van der Waals surface area contributed by atoms with Crippen molar-refractivity contribution >= 4 is 53.1 Å². The summed E-state index contributed by atoms with van der Waals surface area (Å²) in [5.74, 6) is 0. The van der Waals surface area contributed by atoms with E-state index >= 15 is 0 Å². The molecule has 1 heterocycles. The molecule has 0 N–H and O–H groups in total. The number of benzene rings is 4. The largest absolute Gasteiger partial charge is 0.135 e. The van der Waals surface area contributed by atoms with E-state index in [-0.39, 0.29) is 0 Å². The molecule has 0 atom stereocenters. The smallest absolute Gasteiger partial charge is 0.0364 e. The highest BCUT2D eigenvalue weighted by atomic mass is 32.1. The zero-order valence-electron chi connectivity index (χ0n) is 12.3. The van der Waals surface area contributed by atoms with Gasteiger partial charge in [-0.25, -0.2) is 0 Å². The third-order valence-corrected chi connectivity index (χ3v) is 5.65. The molecule has 0 nitrogen and oxygen atoms in total. The van der Waals surface area contributed by atoms with E-state index < -0.39 is 0 Å². The Hall–Kier alpha value is -2.38. The molecule has 22 heavy (non-hydrogen) atoms. The molecule has 0 aliphatic rings. The fourth-order valence-electron chi connectivity index (χ4n) is 3.50. The molecule has 104 valence electrons. The zero-order chi connectivity index (χ0) is 14.7. The maximum absolute atomic E-state index is 2.35. The first-order chi connectivity index (χ1) is 10.8. The van der Waals surface area contributed by atoms with E-state index in [0.29, 0.717) is 0 Å². The fourth-order valence-corrected chi connectivity index (χ4v) is 4.75. The molecule has 0 aliphatic heterocycles. The van der Waals surface area contributed by atoms with Crippen molar-refractivity contribution in [2.45, 2.75) is 6.92 Å². The van der Waals surface area contributed by atoms with Gasteiger partial charge in [0.1, 0.15) is 0 Å². The summed E-state index contributed by atoms with van der Waals surface area (Å²) in [6, 6.07) is 24.4. The summed E-state index contributed by atoms with van der Waals surface area (Å²) in [5, 5.41) is 8.17. The van der Waals surface area contributed by atoms with Gasteiger partial charge in [0.25, 0.3) is 0 Å². The zero-order valence-corrected chi connectivity index (χ0v) is 13.1. The van der Waals surface area contributed by atoms with Gasteiger partial charge in [0, 0.05) is 20.2 Å². The van der Waals surface area contributed by atoms with Gasteiger partial charge in [-0.15, -0.1) is 11.3 Å². The average molecular weight is 298 g/mol. The van der Waals surface area contributed by atoms with Gasteiger partial charge in [0.05, 0.1) is 0 Å². The van der Waals surface area contributed by atoms with Crippen molar-refractivity contribution < 1.29 is 0 Å². The van der Waals surface area contributed by atoms with Gasteiger partial charge in [0.2, 0.25) is 0 Å². The van der Waals surface area contributed by atoms with Crippen molar-refractivity contribution in [1.82, 2.24) is 0 Å². The molecule has 0 unspecified atom stereocenters. The van der Waals surface area contributed by atoms with Gasteiger partial charge >= 0.3 is 0 Å². The molecule has 0 fully saturated rings. The molecule has 0 spiro atoms. The number of hydrogen-bond donors (Lipinski definition) is 0. The highest BCUT2D eigenvalue weighted by Gasteiger charge is 2.11. The van der Waals surface area contributed by atoms with E-state index in [2.05, 4.69) is 73.7 Å². The van der Waals surface area contributed by atoms with Crippen molar-refractivity contribution in [2.24, 2.45) is 0 Å². The molecule has 0 saturated heterocycles. The minimum atomic E-state index is 1.32. The first-order valence-electron chi connectivity index (χ1n) is 7.54. The molecule has 1 heteroatoms. The quantitative estimate of drug-likeness (QED) is 0.299. The summed E-state index contributed by atoms with van der Waals surface area (Å²) in [7, 11) is 0. The van der Waals surface area contributed by atoms with Crippen molar-refractivity contribution in [2.75, 3.05) is 0 Å². The second kappa shape index (κ2) is 4.31. The van der Waals surface area contributed by atoms with Gasteiger partial charge < -0.3 is 0 Å². The summed E-state index contributed by atoms with van der Waals surface area (Å²) in [6.45, 7) is 2.21. The molecule has 1 aromatic heterocycles. The average Bonchev–Trinajstić information content (AvgIpc) is 2.90. The summed E-state index contributed by atoms with van der Waals surface area (Å²) in [6.07, 6.45) is 0. The van der Waals surface area contributed by atoms with E-state index in [1.807, 2.05) is 11.3 Å². The Morgan fingerprint density at radius 2 is 1.32 bits per heavy atom. The maximum Gasteiger partial charge on any atom is 0.0364 e. The standard InChI is InChI=1S/C21H14S/c1-13-10-20-21(17-9-5-4-8-16(13)17)18-11-14-6-2-3-7-15(14)12-19(18)22-20/h2-12H,1H3. The Morgan fingerprint density at radius 1 is 0.636 bits per heavy atom. The van der Waals surface area contributed by atoms with Crippen molar-refractivity contribution in [3.05, 3.63) is 72.3 Å². The summed E-state index contributed by atoms with van der Waals surface area (Å²) >= 11 is 1.91. The number of fused-ring (bicyclic) bond motifs is 6. The van der Waals surface area contributed by atoms with E-state index in [4.69, 9.17) is 0 Å². The van der Waals surface area contributed by atoms with Crippen LogP contribution in [0.2, 0.25) is 0 Å². The Bertz CT molecular complexity index is 1180.